The molecule has 1 saturated carbocycles. The summed E-state index contributed by atoms with van der Waals surface area (Å²) in [5.74, 6) is 0.0936. The van der Waals surface area contributed by atoms with Crippen molar-refractivity contribution in [3.8, 4) is 0 Å². The number of carbonyl (C=O) groups is 2. The van der Waals surface area contributed by atoms with Gasteiger partial charge in [-0.2, -0.15) is 5.10 Å². The summed E-state index contributed by atoms with van der Waals surface area (Å²) < 4.78 is 1.66. The Labute approximate surface area is 164 Å². The number of nitrogens with one attached hydrogen (secondary N) is 2. The number of rotatable bonds is 7. The van der Waals surface area contributed by atoms with Gasteiger partial charge in [-0.05, 0) is 42.9 Å². The normalized spacial score (nSPS) is 18.4. The summed E-state index contributed by atoms with van der Waals surface area (Å²) >= 11 is 5.92. The maximum Gasteiger partial charge on any atom is 0.273 e. The number of aryl methyl sites for hydroxylation is 1. The molecule has 2 N–H and O–H groups in total. The molecule has 144 valence electrons. The molecule has 27 heavy (non-hydrogen) atoms. The molecule has 1 heterocycles. The zero-order valence-corrected chi connectivity index (χ0v) is 16.6. The Morgan fingerprint density at radius 2 is 2.00 bits per heavy atom. The molecular weight excluding hydrogens is 364 g/mol. The fraction of sp³-hybridized carbons (Fsp3) is 0.450. The van der Waals surface area contributed by atoms with E-state index in [1.807, 2.05) is 45.0 Å². The highest BCUT2D eigenvalue weighted by molar-refractivity contribution is 6.30. The van der Waals surface area contributed by atoms with E-state index in [1.165, 1.54) is 0 Å². The van der Waals surface area contributed by atoms with Crippen LogP contribution >= 0.6 is 11.6 Å². The van der Waals surface area contributed by atoms with Gasteiger partial charge in [-0.3, -0.25) is 14.3 Å². The Morgan fingerprint density at radius 1 is 1.30 bits per heavy atom. The SMILES string of the molecule is CCn1cc(NC(=O)C2CC2c2ccc(Cl)cc2)c(C(=O)NCC(C)C)n1. The summed E-state index contributed by atoms with van der Waals surface area (Å²) in [5.41, 5.74) is 1.83. The lowest BCUT2D eigenvalue weighted by Crippen LogP contribution is -2.29. The minimum Gasteiger partial charge on any atom is -0.350 e. The molecule has 2 atom stereocenters. The molecule has 0 spiro atoms. The van der Waals surface area contributed by atoms with E-state index in [0.29, 0.717) is 29.7 Å². The van der Waals surface area contributed by atoms with Crippen LogP contribution in [0.1, 0.15) is 49.2 Å². The van der Waals surface area contributed by atoms with Crippen LogP contribution in [0.4, 0.5) is 5.69 Å². The summed E-state index contributed by atoms with van der Waals surface area (Å²) in [6.45, 7) is 7.17. The van der Waals surface area contributed by atoms with E-state index in [2.05, 4.69) is 15.7 Å². The Balaban J connectivity index is 1.68. The van der Waals surface area contributed by atoms with Crippen LogP contribution in [0, 0.1) is 11.8 Å². The van der Waals surface area contributed by atoms with Crippen LogP contribution in [0.25, 0.3) is 0 Å². The van der Waals surface area contributed by atoms with Crippen LogP contribution in [0.5, 0.6) is 0 Å². The highest BCUT2D eigenvalue weighted by atomic mass is 35.5. The smallest absolute Gasteiger partial charge is 0.273 e. The number of nitrogens with zero attached hydrogens (tertiary/aromatic N) is 2. The summed E-state index contributed by atoms with van der Waals surface area (Å²) in [5, 5.41) is 10.7. The van der Waals surface area contributed by atoms with Crippen LogP contribution in [0.3, 0.4) is 0 Å². The minimum absolute atomic E-state index is 0.0801. The van der Waals surface area contributed by atoms with E-state index in [9.17, 15) is 9.59 Å². The largest absolute Gasteiger partial charge is 0.350 e. The van der Waals surface area contributed by atoms with Gasteiger partial charge in [0, 0.05) is 30.2 Å². The number of amides is 2. The molecule has 1 aromatic heterocycles. The lowest BCUT2D eigenvalue weighted by molar-refractivity contribution is -0.117. The van der Waals surface area contributed by atoms with E-state index in [4.69, 9.17) is 11.6 Å². The molecule has 1 fully saturated rings. The van der Waals surface area contributed by atoms with Crippen molar-refractivity contribution in [3.05, 3.63) is 46.7 Å². The van der Waals surface area contributed by atoms with Gasteiger partial charge in [0.15, 0.2) is 5.69 Å². The molecule has 6 nitrogen and oxygen atoms in total. The van der Waals surface area contributed by atoms with Crippen LogP contribution in [-0.4, -0.2) is 28.1 Å². The van der Waals surface area contributed by atoms with Crippen molar-refractivity contribution in [3.63, 3.8) is 0 Å². The molecule has 2 aromatic rings. The fourth-order valence-corrected chi connectivity index (χ4v) is 3.14. The monoisotopic (exact) mass is 388 g/mol. The number of benzene rings is 1. The average molecular weight is 389 g/mol. The maximum absolute atomic E-state index is 12.7. The van der Waals surface area contributed by atoms with Gasteiger partial charge in [0.25, 0.3) is 5.91 Å². The van der Waals surface area contributed by atoms with Crippen LogP contribution < -0.4 is 10.6 Å². The molecule has 0 radical (unpaired) electrons. The second-order valence-electron chi connectivity index (χ2n) is 7.34. The number of anilines is 1. The van der Waals surface area contributed by atoms with Crippen LogP contribution in [0.2, 0.25) is 5.02 Å². The van der Waals surface area contributed by atoms with Crippen molar-refractivity contribution in [2.24, 2.45) is 11.8 Å². The molecule has 0 bridgehead atoms. The van der Waals surface area contributed by atoms with Crippen LogP contribution in [0.15, 0.2) is 30.5 Å². The summed E-state index contributed by atoms with van der Waals surface area (Å²) in [4.78, 5) is 25.1. The van der Waals surface area contributed by atoms with Crippen molar-refractivity contribution in [1.82, 2.24) is 15.1 Å². The van der Waals surface area contributed by atoms with E-state index in [-0.39, 0.29) is 29.3 Å². The molecule has 2 amide bonds. The first-order chi connectivity index (χ1) is 12.9. The van der Waals surface area contributed by atoms with Crippen LogP contribution in [-0.2, 0) is 11.3 Å². The summed E-state index contributed by atoms with van der Waals surface area (Å²) in [7, 11) is 0. The number of hydrogen-bond acceptors (Lipinski definition) is 3. The molecule has 7 heteroatoms. The van der Waals surface area contributed by atoms with Crippen molar-refractivity contribution in [2.45, 2.75) is 39.7 Å². The standard InChI is InChI=1S/C20H25ClN4O2/c1-4-25-11-17(18(24-25)20(27)22-10-12(2)3)23-19(26)16-9-15(16)13-5-7-14(21)8-6-13/h5-8,11-12,15-16H,4,9-10H2,1-3H3,(H,22,27)(H,23,26). The lowest BCUT2D eigenvalue weighted by atomic mass is 10.1. The highest BCUT2D eigenvalue weighted by Gasteiger charge is 2.44. The van der Waals surface area contributed by atoms with E-state index < -0.39 is 0 Å². The third-order valence-electron chi connectivity index (χ3n) is 4.65. The first-order valence-corrected chi connectivity index (χ1v) is 9.68. The fourth-order valence-electron chi connectivity index (χ4n) is 3.01. The zero-order valence-electron chi connectivity index (χ0n) is 15.8. The van der Waals surface area contributed by atoms with Crippen molar-refractivity contribution >= 4 is 29.1 Å². The van der Waals surface area contributed by atoms with E-state index >= 15 is 0 Å². The van der Waals surface area contributed by atoms with Gasteiger partial charge in [-0.1, -0.05) is 37.6 Å². The quantitative estimate of drug-likeness (QED) is 0.759. The Kier molecular flexibility index (Phi) is 5.85. The van der Waals surface area contributed by atoms with Gasteiger partial charge in [-0.15, -0.1) is 0 Å². The number of aromatic nitrogens is 2. The molecule has 1 aliphatic rings. The molecule has 0 saturated heterocycles. The third-order valence-corrected chi connectivity index (χ3v) is 4.91. The van der Waals surface area contributed by atoms with Gasteiger partial charge in [-0.25, -0.2) is 0 Å². The minimum atomic E-state index is -0.267. The number of hydrogen-bond donors (Lipinski definition) is 2. The maximum atomic E-state index is 12.7. The van der Waals surface area contributed by atoms with Crippen molar-refractivity contribution < 1.29 is 9.59 Å². The lowest BCUT2D eigenvalue weighted by Gasteiger charge is -2.08. The van der Waals surface area contributed by atoms with Gasteiger partial charge in [0.05, 0.1) is 5.69 Å². The Hall–Kier alpha value is -2.34. The average Bonchev–Trinajstić information content (AvgIpc) is 3.34. The second-order valence-corrected chi connectivity index (χ2v) is 7.78. The first-order valence-electron chi connectivity index (χ1n) is 9.31. The molecule has 1 aromatic carbocycles. The van der Waals surface area contributed by atoms with E-state index in [0.717, 1.165) is 12.0 Å². The molecule has 0 aliphatic heterocycles. The van der Waals surface area contributed by atoms with Gasteiger partial charge in [0.2, 0.25) is 5.91 Å². The zero-order chi connectivity index (χ0) is 19.6. The van der Waals surface area contributed by atoms with E-state index in [1.54, 1.807) is 10.9 Å². The molecule has 2 unspecified atom stereocenters. The summed E-state index contributed by atoms with van der Waals surface area (Å²) in [6.07, 6.45) is 2.51. The Bertz CT molecular complexity index is 829. The van der Waals surface area contributed by atoms with Crippen molar-refractivity contribution in [2.75, 3.05) is 11.9 Å². The summed E-state index contributed by atoms with van der Waals surface area (Å²) in [6, 6.07) is 7.60. The third kappa shape index (κ3) is 4.69. The predicted octanol–water partition coefficient (Wildman–Crippen LogP) is 3.68. The second kappa shape index (κ2) is 8.13. The molecule has 1 aliphatic carbocycles. The Morgan fingerprint density at radius 3 is 2.63 bits per heavy atom. The first kappa shape index (κ1) is 19.4. The van der Waals surface area contributed by atoms with Crippen molar-refractivity contribution in [1.29, 1.82) is 0 Å². The number of halogens is 1. The molecule has 3 rings (SSSR count). The van der Waals surface area contributed by atoms with Gasteiger partial charge < -0.3 is 10.6 Å². The highest BCUT2D eigenvalue weighted by Crippen LogP contribution is 2.48. The predicted molar refractivity (Wildman–Crippen MR) is 106 cm³/mol. The number of carbonyl (C=O) groups excluding carboxylic acids is 2. The topological polar surface area (TPSA) is 76.0 Å². The van der Waals surface area contributed by atoms with Gasteiger partial charge in [0.1, 0.15) is 0 Å². The van der Waals surface area contributed by atoms with Gasteiger partial charge >= 0.3 is 0 Å². The molecular formula is C20H25ClN4O2.